The van der Waals surface area contributed by atoms with Crippen LogP contribution in [0.15, 0.2) is 11.7 Å². The zero-order valence-electron chi connectivity index (χ0n) is 6.21. The van der Waals surface area contributed by atoms with Gasteiger partial charge in [-0.3, -0.25) is 4.79 Å². The highest BCUT2D eigenvalue weighted by Gasteiger charge is 2.36. The van der Waals surface area contributed by atoms with Crippen molar-refractivity contribution in [3.8, 4) is 0 Å². The van der Waals surface area contributed by atoms with Gasteiger partial charge in [-0.2, -0.15) is 0 Å². The standard InChI is InChI=1S/C7H8BBrO2/c1-4-5(3-9)7(10)11-6(4)2-8/h2,4-5H,3H2,1H3/b6-2-. The molecule has 0 N–H and O–H groups in total. The van der Waals surface area contributed by atoms with Crippen LogP contribution in [0.25, 0.3) is 0 Å². The molecule has 2 radical (unpaired) electrons. The van der Waals surface area contributed by atoms with Gasteiger partial charge in [0.25, 0.3) is 0 Å². The maximum absolute atomic E-state index is 11.0. The lowest BCUT2D eigenvalue weighted by Crippen LogP contribution is -2.14. The van der Waals surface area contributed by atoms with E-state index < -0.39 is 0 Å². The van der Waals surface area contributed by atoms with E-state index in [2.05, 4.69) is 15.9 Å². The van der Waals surface area contributed by atoms with Crippen LogP contribution in [0.1, 0.15) is 6.92 Å². The minimum atomic E-state index is -0.189. The van der Waals surface area contributed by atoms with Crippen LogP contribution in [0.2, 0.25) is 0 Å². The molecular weight excluding hydrogens is 207 g/mol. The Morgan fingerprint density at radius 3 is 2.73 bits per heavy atom. The molecule has 58 valence electrons. The molecule has 1 aliphatic rings. The first-order valence-corrected chi connectivity index (χ1v) is 4.52. The van der Waals surface area contributed by atoms with Crippen molar-refractivity contribution >= 4 is 29.7 Å². The van der Waals surface area contributed by atoms with Gasteiger partial charge in [-0.1, -0.05) is 28.8 Å². The Hall–Kier alpha value is -0.245. The van der Waals surface area contributed by atoms with E-state index >= 15 is 0 Å². The topological polar surface area (TPSA) is 26.3 Å². The molecule has 0 aliphatic carbocycles. The Morgan fingerprint density at radius 1 is 1.82 bits per heavy atom. The molecule has 0 amide bonds. The molecule has 2 unspecified atom stereocenters. The molecule has 0 aromatic carbocycles. The Balaban J connectivity index is 2.79. The van der Waals surface area contributed by atoms with Gasteiger partial charge in [-0.05, 0) is 0 Å². The summed E-state index contributed by atoms with van der Waals surface area (Å²) in [5, 5.41) is 0.629. The maximum Gasteiger partial charge on any atom is 0.315 e. The number of hydrogen-bond acceptors (Lipinski definition) is 2. The van der Waals surface area contributed by atoms with Gasteiger partial charge < -0.3 is 4.74 Å². The molecule has 0 aromatic heterocycles. The summed E-state index contributed by atoms with van der Waals surface area (Å²) in [6, 6.07) is 0. The van der Waals surface area contributed by atoms with Gasteiger partial charge in [0.15, 0.2) is 0 Å². The summed E-state index contributed by atoms with van der Waals surface area (Å²) in [6.07, 6.45) is 0. The second-order valence-electron chi connectivity index (χ2n) is 2.54. The molecule has 1 fully saturated rings. The average Bonchev–Trinajstić information content (AvgIpc) is 2.26. The van der Waals surface area contributed by atoms with Crippen LogP contribution >= 0.6 is 15.9 Å². The van der Waals surface area contributed by atoms with Crippen LogP contribution in [-0.2, 0) is 9.53 Å². The van der Waals surface area contributed by atoms with Crippen LogP contribution in [0, 0.1) is 11.8 Å². The number of halogens is 1. The molecule has 2 nitrogen and oxygen atoms in total. The van der Waals surface area contributed by atoms with E-state index in [1.54, 1.807) is 0 Å². The average molecular weight is 215 g/mol. The predicted molar refractivity (Wildman–Crippen MR) is 46.4 cm³/mol. The number of rotatable bonds is 1. The van der Waals surface area contributed by atoms with Crippen LogP contribution in [0.4, 0.5) is 0 Å². The number of carbonyl (C=O) groups is 1. The molecule has 1 saturated heterocycles. The van der Waals surface area contributed by atoms with Crippen molar-refractivity contribution in [3.63, 3.8) is 0 Å². The van der Waals surface area contributed by atoms with Crippen LogP contribution in [0.5, 0.6) is 0 Å². The van der Waals surface area contributed by atoms with Crippen molar-refractivity contribution in [3.05, 3.63) is 11.7 Å². The largest absolute Gasteiger partial charge is 0.432 e. The normalized spacial score (nSPS) is 34.4. The molecule has 2 atom stereocenters. The maximum atomic E-state index is 11.0. The fourth-order valence-electron chi connectivity index (χ4n) is 1.07. The first kappa shape index (κ1) is 8.85. The SMILES string of the molecule is [B]/C=C1\OC(=O)C(CBr)C1C. The van der Waals surface area contributed by atoms with Crippen LogP contribution < -0.4 is 0 Å². The summed E-state index contributed by atoms with van der Waals surface area (Å²) < 4.78 is 4.89. The Kier molecular flexibility index (Phi) is 2.76. The van der Waals surface area contributed by atoms with Gasteiger partial charge in [0.1, 0.15) is 7.85 Å². The lowest BCUT2D eigenvalue weighted by atomic mass is 9.94. The van der Waals surface area contributed by atoms with Crippen molar-refractivity contribution in [2.45, 2.75) is 6.92 Å². The van der Waals surface area contributed by atoms with E-state index in [4.69, 9.17) is 12.6 Å². The van der Waals surface area contributed by atoms with Gasteiger partial charge in [-0.15, -0.1) is 0 Å². The van der Waals surface area contributed by atoms with Gasteiger partial charge in [0, 0.05) is 11.2 Å². The number of alkyl halides is 1. The second-order valence-corrected chi connectivity index (χ2v) is 3.19. The zero-order chi connectivity index (χ0) is 8.43. The molecule has 0 spiro atoms. The van der Waals surface area contributed by atoms with Crippen molar-refractivity contribution in [1.29, 1.82) is 0 Å². The summed E-state index contributed by atoms with van der Waals surface area (Å²) in [5.41, 5.74) is 0. The Bertz CT molecular complexity index is 203. The summed E-state index contributed by atoms with van der Waals surface area (Å²) in [5.74, 6) is 1.77. The molecule has 0 bridgehead atoms. The van der Waals surface area contributed by atoms with E-state index in [9.17, 15) is 4.79 Å². The van der Waals surface area contributed by atoms with Crippen LogP contribution in [0.3, 0.4) is 0 Å². The molecule has 1 rings (SSSR count). The van der Waals surface area contributed by atoms with Crippen LogP contribution in [-0.4, -0.2) is 19.1 Å². The van der Waals surface area contributed by atoms with Crippen molar-refractivity contribution < 1.29 is 9.53 Å². The summed E-state index contributed by atoms with van der Waals surface area (Å²) in [4.78, 5) is 11.0. The Morgan fingerprint density at radius 2 is 2.45 bits per heavy atom. The molecule has 4 heteroatoms. The third-order valence-electron chi connectivity index (χ3n) is 1.90. The van der Waals surface area contributed by atoms with Crippen molar-refractivity contribution in [2.75, 3.05) is 5.33 Å². The number of carbonyl (C=O) groups excluding carboxylic acids is 1. The minimum absolute atomic E-state index is 0.0789. The minimum Gasteiger partial charge on any atom is -0.432 e. The smallest absolute Gasteiger partial charge is 0.315 e. The van der Waals surface area contributed by atoms with E-state index in [0.717, 1.165) is 0 Å². The van der Waals surface area contributed by atoms with E-state index in [1.165, 1.54) is 5.98 Å². The quantitative estimate of drug-likeness (QED) is 0.373. The fourth-order valence-corrected chi connectivity index (χ4v) is 1.89. The number of esters is 1. The number of ether oxygens (including phenoxy) is 1. The predicted octanol–water partition coefficient (Wildman–Crippen LogP) is 1.20. The molecule has 0 saturated carbocycles. The van der Waals surface area contributed by atoms with Gasteiger partial charge in [0.05, 0.1) is 11.7 Å². The van der Waals surface area contributed by atoms with Gasteiger partial charge in [0.2, 0.25) is 0 Å². The highest BCUT2D eigenvalue weighted by Crippen LogP contribution is 2.31. The lowest BCUT2D eigenvalue weighted by molar-refractivity contribution is -0.138. The number of cyclic esters (lactones) is 1. The molecular formula is C7H8BBrO2. The summed E-state index contributed by atoms with van der Waals surface area (Å²) in [6.45, 7) is 1.93. The van der Waals surface area contributed by atoms with E-state index in [1.807, 2.05) is 6.92 Å². The van der Waals surface area contributed by atoms with E-state index in [-0.39, 0.29) is 17.8 Å². The Labute approximate surface area is 75.5 Å². The monoisotopic (exact) mass is 214 g/mol. The third kappa shape index (κ3) is 1.50. The van der Waals surface area contributed by atoms with Crippen molar-refractivity contribution in [1.82, 2.24) is 0 Å². The van der Waals surface area contributed by atoms with E-state index in [0.29, 0.717) is 11.1 Å². The highest BCUT2D eigenvalue weighted by molar-refractivity contribution is 9.09. The van der Waals surface area contributed by atoms with Gasteiger partial charge >= 0.3 is 5.97 Å². The number of hydrogen-bond donors (Lipinski definition) is 0. The summed E-state index contributed by atoms with van der Waals surface area (Å²) in [7, 11) is 5.25. The van der Waals surface area contributed by atoms with Gasteiger partial charge in [-0.25, -0.2) is 0 Å². The molecule has 1 aliphatic heterocycles. The number of allylic oxidation sites excluding steroid dienone is 1. The summed E-state index contributed by atoms with van der Waals surface area (Å²) >= 11 is 3.24. The fraction of sp³-hybridized carbons (Fsp3) is 0.571. The van der Waals surface area contributed by atoms with Crippen molar-refractivity contribution in [2.24, 2.45) is 11.8 Å². The zero-order valence-corrected chi connectivity index (χ0v) is 7.80. The third-order valence-corrected chi connectivity index (χ3v) is 2.60. The lowest BCUT2D eigenvalue weighted by Gasteiger charge is -2.04. The first-order valence-electron chi connectivity index (χ1n) is 3.40. The molecule has 0 aromatic rings. The highest BCUT2D eigenvalue weighted by atomic mass is 79.9. The second kappa shape index (κ2) is 3.43. The molecule has 1 heterocycles. The first-order chi connectivity index (χ1) is 5.20. The molecule has 11 heavy (non-hydrogen) atoms.